The van der Waals surface area contributed by atoms with Gasteiger partial charge in [0.2, 0.25) is 0 Å². The zero-order chi connectivity index (χ0) is 18.6. The molecule has 1 aromatic rings. The van der Waals surface area contributed by atoms with Gasteiger partial charge in [-0.05, 0) is 31.6 Å². The van der Waals surface area contributed by atoms with E-state index in [0.29, 0.717) is 18.6 Å². The second kappa shape index (κ2) is 8.68. The summed E-state index contributed by atoms with van der Waals surface area (Å²) in [5, 5.41) is 0. The molecule has 1 aromatic heterocycles. The Morgan fingerprint density at radius 2 is 2.24 bits per heavy atom. The highest BCUT2D eigenvalue weighted by atomic mass is 32.5. The molecule has 2 rings (SSSR count). The Morgan fingerprint density at radius 3 is 2.88 bits per heavy atom. The molecular weight excluding hydrogens is 371 g/mol. The van der Waals surface area contributed by atoms with E-state index in [1.165, 1.54) is 17.9 Å². The largest absolute Gasteiger partial charge is 0.371 e. The Morgan fingerprint density at radius 1 is 1.52 bits per heavy atom. The predicted octanol–water partition coefficient (Wildman–Crippen LogP) is 0.808. The van der Waals surface area contributed by atoms with Crippen LogP contribution in [-0.2, 0) is 30.3 Å². The minimum absolute atomic E-state index is 0.117. The van der Waals surface area contributed by atoms with E-state index in [9.17, 15) is 14.5 Å². The van der Waals surface area contributed by atoms with Crippen molar-refractivity contribution in [3.63, 3.8) is 0 Å². The molecule has 0 radical (unpaired) electrons. The second-order valence-electron chi connectivity index (χ2n) is 5.68. The number of aromatic amines is 1. The van der Waals surface area contributed by atoms with Gasteiger partial charge in [-0.3, -0.25) is 14.3 Å². The van der Waals surface area contributed by atoms with Crippen LogP contribution in [0, 0.1) is 6.92 Å². The molecule has 0 aliphatic carbocycles. The second-order valence-corrected chi connectivity index (χ2v) is 8.63. The average molecular weight is 394 g/mol. The first-order valence-electron chi connectivity index (χ1n) is 7.89. The lowest BCUT2D eigenvalue weighted by Gasteiger charge is -2.28. The van der Waals surface area contributed by atoms with Gasteiger partial charge in [-0.2, -0.15) is 0 Å². The molecule has 1 fully saturated rings. The Balaban J connectivity index is 2.35. The summed E-state index contributed by atoms with van der Waals surface area (Å²) in [5.41, 5.74) is -0.702. The van der Waals surface area contributed by atoms with E-state index in [0.717, 1.165) is 6.42 Å². The molecule has 0 spiro atoms. The summed E-state index contributed by atoms with van der Waals surface area (Å²) in [6.45, 7) is 0.476. The van der Waals surface area contributed by atoms with Gasteiger partial charge < -0.3 is 23.4 Å². The molecule has 142 valence electrons. The van der Waals surface area contributed by atoms with E-state index in [2.05, 4.69) is 4.98 Å². The number of aryl methyl sites for hydroxylation is 1. The van der Waals surface area contributed by atoms with Crippen LogP contribution in [0.5, 0.6) is 0 Å². The van der Waals surface area contributed by atoms with Gasteiger partial charge >= 0.3 is 12.4 Å². The van der Waals surface area contributed by atoms with Crippen LogP contribution in [0.15, 0.2) is 15.8 Å². The summed E-state index contributed by atoms with van der Waals surface area (Å²) >= 11 is 4.82. The molecule has 3 unspecified atom stereocenters. The van der Waals surface area contributed by atoms with Crippen molar-refractivity contribution in [2.24, 2.45) is 0 Å². The molecule has 9 nitrogen and oxygen atoms in total. The molecule has 0 saturated carbocycles. The lowest BCUT2D eigenvalue weighted by atomic mass is 10.2. The molecule has 0 bridgehead atoms. The molecule has 0 amide bonds. The highest BCUT2D eigenvalue weighted by Crippen LogP contribution is 2.43. The van der Waals surface area contributed by atoms with Gasteiger partial charge in [0, 0.05) is 25.5 Å². The number of aromatic nitrogens is 2. The fourth-order valence-corrected chi connectivity index (χ4v) is 3.08. The van der Waals surface area contributed by atoms with Crippen LogP contribution in [0.3, 0.4) is 0 Å². The molecule has 11 heteroatoms. The third-order valence-corrected chi connectivity index (χ3v) is 5.63. The highest BCUT2D eigenvalue weighted by Gasteiger charge is 2.33. The van der Waals surface area contributed by atoms with Crippen molar-refractivity contribution in [3.05, 3.63) is 32.6 Å². The summed E-state index contributed by atoms with van der Waals surface area (Å²) in [7, 11) is 1.26. The van der Waals surface area contributed by atoms with Crippen molar-refractivity contribution in [2.75, 3.05) is 20.3 Å². The van der Waals surface area contributed by atoms with Crippen LogP contribution in [-0.4, -0.2) is 47.0 Å². The molecule has 1 aliphatic heterocycles. The summed E-state index contributed by atoms with van der Waals surface area (Å²) in [6, 6.07) is 0. The molecule has 2 heterocycles. The van der Waals surface area contributed by atoms with Crippen LogP contribution < -0.4 is 11.2 Å². The first kappa shape index (κ1) is 20.4. The van der Waals surface area contributed by atoms with E-state index in [1.54, 1.807) is 6.92 Å². The summed E-state index contributed by atoms with van der Waals surface area (Å²) in [6.07, 6.45) is 1.16. The minimum atomic E-state index is -3.37. The Labute approximate surface area is 150 Å². The van der Waals surface area contributed by atoms with E-state index < -0.39 is 30.3 Å². The van der Waals surface area contributed by atoms with Gasteiger partial charge in [0.1, 0.15) is 6.10 Å². The molecule has 2 N–H and O–H groups in total. The molecular formula is C14H23N2O7PS. The van der Waals surface area contributed by atoms with Crippen molar-refractivity contribution in [1.82, 2.24) is 9.55 Å². The van der Waals surface area contributed by atoms with Gasteiger partial charge in [0.05, 0.1) is 12.7 Å². The maximum Gasteiger partial charge on any atom is 0.330 e. The normalized spacial score (nSPS) is 26.8. The van der Waals surface area contributed by atoms with Gasteiger partial charge in [-0.25, -0.2) is 4.79 Å². The van der Waals surface area contributed by atoms with Crippen LogP contribution >= 0.6 is 6.72 Å². The van der Waals surface area contributed by atoms with E-state index >= 15 is 0 Å². The van der Waals surface area contributed by atoms with E-state index in [4.69, 9.17) is 30.3 Å². The van der Waals surface area contributed by atoms with E-state index in [1.807, 2.05) is 6.92 Å². The third kappa shape index (κ3) is 5.30. The van der Waals surface area contributed by atoms with Gasteiger partial charge in [0.15, 0.2) is 6.23 Å². The molecule has 1 saturated heterocycles. The topological polar surface area (TPSA) is 112 Å². The zero-order valence-corrected chi connectivity index (χ0v) is 16.0. The summed E-state index contributed by atoms with van der Waals surface area (Å²) in [4.78, 5) is 35.9. The highest BCUT2D eigenvalue weighted by molar-refractivity contribution is 8.07. The molecule has 25 heavy (non-hydrogen) atoms. The third-order valence-electron chi connectivity index (χ3n) is 3.93. The number of nitrogens with zero attached hydrogens (tertiary/aromatic N) is 1. The van der Waals surface area contributed by atoms with Gasteiger partial charge in [0.25, 0.3) is 5.56 Å². The summed E-state index contributed by atoms with van der Waals surface area (Å²) in [5.74, 6) is 0. The predicted molar refractivity (Wildman–Crippen MR) is 94.1 cm³/mol. The lowest BCUT2D eigenvalue weighted by molar-refractivity contribution is -0.117. The quantitative estimate of drug-likeness (QED) is 0.682. The minimum Gasteiger partial charge on any atom is -0.371 e. The number of nitrogens with one attached hydrogen (secondary N) is 1. The van der Waals surface area contributed by atoms with Crippen molar-refractivity contribution in [1.29, 1.82) is 0 Å². The van der Waals surface area contributed by atoms with Crippen molar-refractivity contribution >= 4 is 18.5 Å². The van der Waals surface area contributed by atoms with Crippen molar-refractivity contribution in [2.45, 2.75) is 45.1 Å². The maximum absolute atomic E-state index is 12.2. The summed E-state index contributed by atoms with van der Waals surface area (Å²) < 4.78 is 23.1. The van der Waals surface area contributed by atoms with Crippen LogP contribution in [0.1, 0.15) is 31.6 Å². The molecule has 4 atom stereocenters. The van der Waals surface area contributed by atoms with Crippen LogP contribution in [0.2, 0.25) is 0 Å². The van der Waals surface area contributed by atoms with Gasteiger partial charge in [-0.1, -0.05) is 6.92 Å². The maximum atomic E-state index is 12.2. The molecule has 1 aliphatic rings. The number of rotatable bonds is 6. The number of H-pyrrole nitrogens is 1. The SMILES string of the molecule is CCC1CCOC(COP(O)(=S)OC)[C@H](n2cc(C)c(=O)[nH]c2=O)O1. The average Bonchev–Trinajstić information content (AvgIpc) is 2.78. The standard InChI is InChI=1S/C14H23N2O7PS/c1-4-10-5-6-21-11(8-22-24(19,25)20-3)13(23-10)16-7-9(2)12(17)15-14(16)18/h7,10-11,13H,4-6,8H2,1-3H3,(H,19,25)(H,15,17,18)/t10?,11?,13-,24?/m1/s1. The number of hydrogen-bond donors (Lipinski definition) is 2. The Hall–Kier alpha value is -0.870. The van der Waals surface area contributed by atoms with Gasteiger partial charge in [-0.15, -0.1) is 0 Å². The first-order valence-corrected chi connectivity index (χ1v) is 10.5. The smallest absolute Gasteiger partial charge is 0.330 e. The lowest BCUT2D eigenvalue weighted by Crippen LogP contribution is -2.41. The monoisotopic (exact) mass is 394 g/mol. The zero-order valence-electron chi connectivity index (χ0n) is 14.3. The van der Waals surface area contributed by atoms with Crippen LogP contribution in [0.4, 0.5) is 0 Å². The Bertz CT molecular complexity index is 749. The fraction of sp³-hybridized carbons (Fsp3) is 0.714. The first-order chi connectivity index (χ1) is 11.8. The van der Waals surface area contributed by atoms with Crippen molar-refractivity contribution in [3.8, 4) is 0 Å². The number of ether oxygens (including phenoxy) is 2. The number of hydrogen-bond acceptors (Lipinski definition) is 7. The molecule has 0 aromatic carbocycles. The van der Waals surface area contributed by atoms with E-state index in [-0.39, 0.29) is 12.7 Å². The van der Waals surface area contributed by atoms with Crippen molar-refractivity contribution < 1.29 is 23.4 Å². The van der Waals surface area contributed by atoms with Crippen LogP contribution in [0.25, 0.3) is 0 Å². The fourth-order valence-electron chi connectivity index (χ4n) is 2.46. The Kier molecular flexibility index (Phi) is 7.10.